The minimum absolute atomic E-state index is 0.0122. The van der Waals surface area contributed by atoms with Gasteiger partial charge in [-0.1, -0.05) is 29.8 Å². The summed E-state index contributed by atoms with van der Waals surface area (Å²) in [4.78, 5) is 34.9. The number of benzene rings is 1. The molecule has 0 aliphatic heterocycles. The number of aliphatic carboxylic acids is 1. The summed E-state index contributed by atoms with van der Waals surface area (Å²) in [7, 11) is 0. The van der Waals surface area contributed by atoms with Crippen molar-refractivity contribution in [2.24, 2.45) is 11.8 Å². The van der Waals surface area contributed by atoms with Crippen LogP contribution in [0.3, 0.4) is 0 Å². The third-order valence-electron chi connectivity index (χ3n) is 5.05. The molecule has 0 heterocycles. The van der Waals surface area contributed by atoms with E-state index in [1.807, 2.05) is 0 Å². The first-order valence-electron chi connectivity index (χ1n) is 9.95. The Morgan fingerprint density at radius 1 is 1.27 bits per heavy atom. The van der Waals surface area contributed by atoms with Crippen LogP contribution in [0.2, 0.25) is 5.02 Å². The second kappa shape index (κ2) is 11.8. The maximum absolute atomic E-state index is 12.2. The number of aliphatic hydroxyl groups is 2. The van der Waals surface area contributed by atoms with Crippen molar-refractivity contribution in [2.45, 2.75) is 50.7 Å². The summed E-state index contributed by atoms with van der Waals surface area (Å²) in [6.45, 7) is -0.0342. The predicted octanol–water partition coefficient (Wildman–Crippen LogP) is 2.81. The second-order valence-corrected chi connectivity index (χ2v) is 7.93. The largest absolute Gasteiger partial charge is 0.491 e. The highest BCUT2D eigenvalue weighted by atomic mass is 35.5. The number of rotatable bonds is 12. The van der Waals surface area contributed by atoms with Crippen LogP contribution in [-0.2, 0) is 14.4 Å². The van der Waals surface area contributed by atoms with Gasteiger partial charge < -0.3 is 20.1 Å². The van der Waals surface area contributed by atoms with Gasteiger partial charge in [0.2, 0.25) is 0 Å². The number of aliphatic hydroxyl groups excluding tert-OH is 2. The van der Waals surface area contributed by atoms with E-state index in [4.69, 9.17) is 21.4 Å². The van der Waals surface area contributed by atoms with Crippen molar-refractivity contribution < 1.29 is 34.4 Å². The molecule has 8 heteroatoms. The van der Waals surface area contributed by atoms with E-state index in [1.165, 1.54) is 12.2 Å². The maximum atomic E-state index is 12.2. The average Bonchev–Trinajstić information content (AvgIpc) is 2.94. The summed E-state index contributed by atoms with van der Waals surface area (Å²) in [5.74, 6) is -1.87. The molecule has 0 amide bonds. The van der Waals surface area contributed by atoms with Crippen molar-refractivity contribution in [3.8, 4) is 5.75 Å². The first kappa shape index (κ1) is 24.1. The normalized spacial score (nSPS) is 22.4. The van der Waals surface area contributed by atoms with E-state index in [-0.39, 0.29) is 43.9 Å². The molecular formula is C22H27ClO7. The number of hydrogen-bond acceptors (Lipinski definition) is 6. The number of Topliss-reactive ketones (excluding diaryl/α,β-unsaturated/α-hetero) is 2. The van der Waals surface area contributed by atoms with Crippen molar-refractivity contribution in [3.63, 3.8) is 0 Å². The van der Waals surface area contributed by atoms with Gasteiger partial charge in [-0.05, 0) is 31.0 Å². The van der Waals surface area contributed by atoms with Crippen LogP contribution in [0.25, 0.3) is 0 Å². The third-order valence-corrected chi connectivity index (χ3v) is 5.29. The van der Waals surface area contributed by atoms with Gasteiger partial charge in [0, 0.05) is 42.5 Å². The van der Waals surface area contributed by atoms with E-state index in [0.29, 0.717) is 23.6 Å². The van der Waals surface area contributed by atoms with Crippen LogP contribution in [0, 0.1) is 11.8 Å². The van der Waals surface area contributed by atoms with Crippen molar-refractivity contribution in [1.29, 1.82) is 0 Å². The van der Waals surface area contributed by atoms with Crippen LogP contribution in [0.5, 0.6) is 5.75 Å². The number of carbonyl (C=O) groups is 3. The quantitative estimate of drug-likeness (QED) is 0.339. The average molecular weight is 439 g/mol. The molecule has 1 aliphatic rings. The molecule has 0 spiro atoms. The molecule has 164 valence electrons. The molecule has 0 saturated heterocycles. The fraction of sp³-hybridized carbons (Fsp3) is 0.500. The molecule has 1 saturated carbocycles. The monoisotopic (exact) mass is 438 g/mol. The van der Waals surface area contributed by atoms with Crippen LogP contribution < -0.4 is 4.74 Å². The highest BCUT2D eigenvalue weighted by Crippen LogP contribution is 2.33. The molecule has 1 aliphatic carbocycles. The summed E-state index contributed by atoms with van der Waals surface area (Å²) in [5, 5.41) is 29.4. The maximum Gasteiger partial charge on any atom is 0.303 e. The van der Waals surface area contributed by atoms with E-state index in [0.717, 1.165) is 0 Å². The van der Waals surface area contributed by atoms with Gasteiger partial charge in [-0.15, -0.1) is 0 Å². The number of ketones is 2. The lowest BCUT2D eigenvalue weighted by Crippen LogP contribution is -2.23. The molecule has 2 rings (SSSR count). The Morgan fingerprint density at radius 2 is 2.00 bits per heavy atom. The van der Waals surface area contributed by atoms with Crippen molar-refractivity contribution in [3.05, 3.63) is 41.4 Å². The van der Waals surface area contributed by atoms with E-state index in [2.05, 4.69) is 0 Å². The van der Waals surface area contributed by atoms with Gasteiger partial charge in [0.05, 0.1) is 6.10 Å². The molecule has 1 aromatic carbocycles. The number of carboxylic acids is 1. The Kier molecular flexibility index (Phi) is 9.49. The zero-order valence-electron chi connectivity index (χ0n) is 16.6. The lowest BCUT2D eigenvalue weighted by molar-refractivity contribution is -0.137. The number of halogens is 1. The number of ether oxygens (including phenoxy) is 1. The van der Waals surface area contributed by atoms with Crippen LogP contribution in [0.4, 0.5) is 0 Å². The lowest BCUT2D eigenvalue weighted by atomic mass is 9.88. The fourth-order valence-electron chi connectivity index (χ4n) is 3.49. The number of hydrogen-bond donors (Lipinski definition) is 3. The Morgan fingerprint density at radius 3 is 2.70 bits per heavy atom. The summed E-state index contributed by atoms with van der Waals surface area (Å²) in [6.07, 6.45) is 2.22. The van der Waals surface area contributed by atoms with Gasteiger partial charge in [-0.3, -0.25) is 14.4 Å². The van der Waals surface area contributed by atoms with E-state index < -0.39 is 30.0 Å². The van der Waals surface area contributed by atoms with Gasteiger partial charge >= 0.3 is 5.97 Å². The topological polar surface area (TPSA) is 121 Å². The molecule has 30 heavy (non-hydrogen) atoms. The summed E-state index contributed by atoms with van der Waals surface area (Å²) >= 11 is 5.88. The van der Waals surface area contributed by atoms with Crippen molar-refractivity contribution in [2.75, 3.05) is 6.61 Å². The summed E-state index contributed by atoms with van der Waals surface area (Å²) in [5.41, 5.74) is 0. The zero-order valence-corrected chi connectivity index (χ0v) is 17.3. The molecule has 0 aromatic heterocycles. The van der Waals surface area contributed by atoms with E-state index >= 15 is 0 Å². The van der Waals surface area contributed by atoms with Crippen molar-refractivity contribution >= 4 is 29.1 Å². The van der Waals surface area contributed by atoms with Crippen LogP contribution in [0.15, 0.2) is 36.4 Å². The summed E-state index contributed by atoms with van der Waals surface area (Å²) < 4.78 is 5.46. The second-order valence-electron chi connectivity index (χ2n) is 7.49. The Balaban J connectivity index is 1.86. The molecule has 0 unspecified atom stereocenters. The van der Waals surface area contributed by atoms with Crippen LogP contribution in [-0.4, -0.2) is 51.7 Å². The number of allylic oxidation sites excluding steroid dienone is 1. The summed E-state index contributed by atoms with van der Waals surface area (Å²) in [6, 6.07) is 6.75. The van der Waals surface area contributed by atoms with Crippen LogP contribution in [0.1, 0.15) is 38.5 Å². The van der Waals surface area contributed by atoms with Crippen LogP contribution >= 0.6 is 11.6 Å². The first-order valence-corrected chi connectivity index (χ1v) is 10.3. The zero-order chi connectivity index (χ0) is 22.1. The van der Waals surface area contributed by atoms with E-state index in [9.17, 15) is 24.6 Å². The minimum atomic E-state index is -0.970. The minimum Gasteiger partial charge on any atom is -0.491 e. The predicted molar refractivity (Wildman–Crippen MR) is 110 cm³/mol. The Labute approximate surface area is 180 Å². The Hall–Kier alpha value is -2.22. The number of carbonyl (C=O) groups excluding carboxylic acids is 2. The first-order chi connectivity index (χ1) is 14.3. The molecule has 4 atom stereocenters. The molecule has 0 radical (unpaired) electrons. The highest BCUT2D eigenvalue weighted by molar-refractivity contribution is 6.30. The molecule has 3 N–H and O–H groups in total. The van der Waals surface area contributed by atoms with E-state index in [1.54, 1.807) is 24.3 Å². The lowest BCUT2D eigenvalue weighted by Gasteiger charge is -2.18. The Bertz CT molecular complexity index is 777. The SMILES string of the molecule is O=C(O)CCCCC(=O)C[C@H]1[C@@H](O)CC(=O)[C@@H]1/C=C/[C@@H](O)COc1cccc(Cl)c1. The van der Waals surface area contributed by atoms with Gasteiger partial charge in [0.15, 0.2) is 0 Å². The van der Waals surface area contributed by atoms with Gasteiger partial charge in [-0.25, -0.2) is 0 Å². The van der Waals surface area contributed by atoms with Gasteiger partial charge in [0.1, 0.15) is 30.0 Å². The molecule has 0 bridgehead atoms. The molecule has 1 aromatic rings. The van der Waals surface area contributed by atoms with Gasteiger partial charge in [-0.2, -0.15) is 0 Å². The van der Waals surface area contributed by atoms with Gasteiger partial charge in [0.25, 0.3) is 0 Å². The fourth-order valence-corrected chi connectivity index (χ4v) is 3.67. The number of unbranched alkanes of at least 4 members (excludes halogenated alkanes) is 1. The highest BCUT2D eigenvalue weighted by Gasteiger charge is 2.40. The molecular weight excluding hydrogens is 412 g/mol. The molecule has 7 nitrogen and oxygen atoms in total. The smallest absolute Gasteiger partial charge is 0.303 e. The standard InChI is InChI=1S/C22H27ClO7/c23-14-4-3-6-17(10-14)30-13-16(25)8-9-18-19(21(27)12-20(18)26)11-15(24)5-1-2-7-22(28)29/h3-4,6,8-10,16,18-19,21,25,27H,1-2,5,7,11-13H2,(H,28,29)/b9-8+/t16-,18-,19-,21+/m1/s1. The number of carboxylic acid groups (broad SMARTS) is 1. The molecule has 1 fully saturated rings. The third kappa shape index (κ3) is 7.89. The van der Waals surface area contributed by atoms with Crippen molar-refractivity contribution in [1.82, 2.24) is 0 Å².